The van der Waals surface area contributed by atoms with E-state index < -0.39 is 5.54 Å². The zero-order valence-electron chi connectivity index (χ0n) is 11.5. The van der Waals surface area contributed by atoms with E-state index in [9.17, 15) is 4.39 Å². The standard InChI is InChI=1S/C16H17ClFNO/c1-16(19,12-3-6-14(20-2)7-4-12)10-11-9-13(18)5-8-15(11)17/h3-9H,10,19H2,1-2H3. The Balaban J connectivity index is 2.27. The fourth-order valence-electron chi connectivity index (χ4n) is 2.15. The third-order valence-corrected chi connectivity index (χ3v) is 3.68. The number of rotatable bonds is 4. The normalized spacial score (nSPS) is 13.8. The van der Waals surface area contributed by atoms with Crippen LogP contribution in [0.4, 0.5) is 4.39 Å². The van der Waals surface area contributed by atoms with Gasteiger partial charge in [-0.25, -0.2) is 4.39 Å². The Labute approximate surface area is 123 Å². The fourth-order valence-corrected chi connectivity index (χ4v) is 2.33. The molecule has 0 spiro atoms. The molecule has 1 atom stereocenters. The Hall–Kier alpha value is -1.58. The highest BCUT2D eigenvalue weighted by Crippen LogP contribution is 2.28. The quantitative estimate of drug-likeness (QED) is 0.928. The molecule has 0 fully saturated rings. The maximum Gasteiger partial charge on any atom is 0.123 e. The van der Waals surface area contributed by atoms with Gasteiger partial charge in [0.1, 0.15) is 11.6 Å². The lowest BCUT2D eigenvalue weighted by Crippen LogP contribution is -2.35. The Bertz CT molecular complexity index is 596. The molecule has 0 saturated heterocycles. The predicted octanol–water partition coefficient (Wildman–Crippen LogP) is 3.90. The summed E-state index contributed by atoms with van der Waals surface area (Å²) in [7, 11) is 1.61. The maximum absolute atomic E-state index is 13.3. The van der Waals surface area contributed by atoms with Gasteiger partial charge in [0.15, 0.2) is 0 Å². The second kappa shape index (κ2) is 5.81. The molecule has 106 valence electrons. The van der Waals surface area contributed by atoms with Crippen molar-refractivity contribution in [2.75, 3.05) is 7.11 Å². The van der Waals surface area contributed by atoms with Crippen molar-refractivity contribution in [2.45, 2.75) is 18.9 Å². The number of hydrogen-bond donors (Lipinski definition) is 1. The Kier molecular flexibility index (Phi) is 4.31. The first kappa shape index (κ1) is 14.8. The van der Waals surface area contributed by atoms with E-state index in [0.29, 0.717) is 17.0 Å². The van der Waals surface area contributed by atoms with E-state index in [2.05, 4.69) is 0 Å². The molecule has 0 aliphatic heterocycles. The summed E-state index contributed by atoms with van der Waals surface area (Å²) in [4.78, 5) is 0. The van der Waals surface area contributed by atoms with Gasteiger partial charge in [0.2, 0.25) is 0 Å². The topological polar surface area (TPSA) is 35.2 Å². The van der Waals surface area contributed by atoms with Crippen molar-refractivity contribution in [3.05, 3.63) is 64.4 Å². The molecule has 2 aromatic carbocycles. The van der Waals surface area contributed by atoms with Crippen LogP contribution in [-0.4, -0.2) is 7.11 Å². The molecule has 0 aliphatic rings. The summed E-state index contributed by atoms with van der Waals surface area (Å²) in [6.07, 6.45) is 0.454. The molecule has 2 N–H and O–H groups in total. The first-order valence-electron chi connectivity index (χ1n) is 6.30. The van der Waals surface area contributed by atoms with Crippen LogP contribution in [0.2, 0.25) is 5.02 Å². The Morgan fingerprint density at radius 1 is 1.20 bits per heavy atom. The molecule has 20 heavy (non-hydrogen) atoms. The Morgan fingerprint density at radius 3 is 2.45 bits per heavy atom. The molecule has 0 aliphatic carbocycles. The smallest absolute Gasteiger partial charge is 0.123 e. The molecule has 0 saturated carbocycles. The molecule has 0 heterocycles. The van der Waals surface area contributed by atoms with Crippen LogP contribution in [0.5, 0.6) is 5.75 Å². The molecule has 1 unspecified atom stereocenters. The van der Waals surface area contributed by atoms with Crippen molar-refractivity contribution in [1.82, 2.24) is 0 Å². The van der Waals surface area contributed by atoms with E-state index in [4.69, 9.17) is 22.1 Å². The fraction of sp³-hybridized carbons (Fsp3) is 0.250. The second-order valence-corrected chi connectivity index (χ2v) is 5.47. The number of methoxy groups -OCH3 is 1. The largest absolute Gasteiger partial charge is 0.497 e. The van der Waals surface area contributed by atoms with Gasteiger partial charge < -0.3 is 10.5 Å². The average Bonchev–Trinajstić information content (AvgIpc) is 2.43. The zero-order chi connectivity index (χ0) is 14.8. The van der Waals surface area contributed by atoms with E-state index in [0.717, 1.165) is 11.3 Å². The van der Waals surface area contributed by atoms with E-state index in [1.807, 2.05) is 31.2 Å². The third-order valence-electron chi connectivity index (χ3n) is 3.31. The van der Waals surface area contributed by atoms with Crippen molar-refractivity contribution in [3.8, 4) is 5.75 Å². The molecule has 0 aromatic heterocycles. The summed E-state index contributed by atoms with van der Waals surface area (Å²) in [5.41, 5.74) is 7.37. The van der Waals surface area contributed by atoms with Gasteiger partial charge in [0.05, 0.1) is 7.11 Å². The minimum Gasteiger partial charge on any atom is -0.497 e. The maximum atomic E-state index is 13.3. The van der Waals surface area contributed by atoms with Crippen LogP contribution in [0.15, 0.2) is 42.5 Å². The molecule has 2 aromatic rings. The van der Waals surface area contributed by atoms with Gasteiger partial charge in [-0.3, -0.25) is 0 Å². The van der Waals surface area contributed by atoms with Crippen LogP contribution in [0.25, 0.3) is 0 Å². The van der Waals surface area contributed by atoms with E-state index in [1.165, 1.54) is 12.1 Å². The van der Waals surface area contributed by atoms with Gasteiger partial charge in [0.25, 0.3) is 0 Å². The van der Waals surface area contributed by atoms with E-state index in [1.54, 1.807) is 13.2 Å². The molecule has 0 radical (unpaired) electrons. The summed E-state index contributed by atoms with van der Waals surface area (Å²) in [6.45, 7) is 1.90. The number of benzene rings is 2. The van der Waals surface area contributed by atoms with Crippen LogP contribution in [0.3, 0.4) is 0 Å². The van der Waals surface area contributed by atoms with Gasteiger partial charge in [-0.1, -0.05) is 23.7 Å². The Morgan fingerprint density at radius 2 is 1.85 bits per heavy atom. The summed E-state index contributed by atoms with van der Waals surface area (Å²) in [5.74, 6) is 0.461. The molecular weight excluding hydrogens is 277 g/mol. The number of ether oxygens (including phenoxy) is 1. The van der Waals surface area contributed by atoms with Crippen molar-refractivity contribution < 1.29 is 9.13 Å². The van der Waals surface area contributed by atoms with Crippen LogP contribution < -0.4 is 10.5 Å². The second-order valence-electron chi connectivity index (χ2n) is 5.06. The van der Waals surface area contributed by atoms with Crippen LogP contribution >= 0.6 is 11.6 Å². The third kappa shape index (κ3) is 3.30. The van der Waals surface area contributed by atoms with Crippen molar-refractivity contribution in [3.63, 3.8) is 0 Å². The number of nitrogens with two attached hydrogens (primary N) is 1. The highest BCUT2D eigenvalue weighted by atomic mass is 35.5. The van der Waals surface area contributed by atoms with Gasteiger partial charge in [-0.2, -0.15) is 0 Å². The van der Waals surface area contributed by atoms with Gasteiger partial charge in [-0.05, 0) is 54.8 Å². The van der Waals surface area contributed by atoms with Crippen LogP contribution in [0.1, 0.15) is 18.1 Å². The first-order chi connectivity index (χ1) is 9.42. The first-order valence-corrected chi connectivity index (χ1v) is 6.67. The van der Waals surface area contributed by atoms with Gasteiger partial charge in [0, 0.05) is 10.6 Å². The number of hydrogen-bond acceptors (Lipinski definition) is 2. The molecule has 4 heteroatoms. The molecular formula is C16H17ClFNO. The van der Waals surface area contributed by atoms with Crippen LogP contribution in [-0.2, 0) is 12.0 Å². The van der Waals surface area contributed by atoms with E-state index >= 15 is 0 Å². The van der Waals surface area contributed by atoms with Crippen molar-refractivity contribution in [1.29, 1.82) is 0 Å². The lowest BCUT2D eigenvalue weighted by atomic mass is 9.86. The minimum atomic E-state index is -0.635. The average molecular weight is 294 g/mol. The van der Waals surface area contributed by atoms with Gasteiger partial charge in [-0.15, -0.1) is 0 Å². The summed E-state index contributed by atoms with van der Waals surface area (Å²) < 4.78 is 18.4. The minimum absolute atomic E-state index is 0.310. The monoisotopic (exact) mass is 293 g/mol. The lowest BCUT2D eigenvalue weighted by molar-refractivity contribution is 0.413. The molecule has 0 bridgehead atoms. The molecule has 0 amide bonds. The predicted molar refractivity (Wildman–Crippen MR) is 79.6 cm³/mol. The summed E-state index contributed by atoms with van der Waals surface area (Å²) >= 11 is 6.10. The lowest BCUT2D eigenvalue weighted by Gasteiger charge is -2.26. The SMILES string of the molecule is COc1ccc(C(C)(N)Cc2cc(F)ccc2Cl)cc1. The highest BCUT2D eigenvalue weighted by molar-refractivity contribution is 6.31. The number of halogens is 2. The van der Waals surface area contributed by atoms with Crippen LogP contribution in [0, 0.1) is 5.82 Å². The summed E-state index contributed by atoms with van der Waals surface area (Å²) in [6, 6.07) is 11.8. The van der Waals surface area contributed by atoms with Crippen molar-refractivity contribution >= 4 is 11.6 Å². The molecule has 2 rings (SSSR count). The molecule has 2 nitrogen and oxygen atoms in total. The summed E-state index contributed by atoms with van der Waals surface area (Å²) in [5, 5.41) is 0.525. The zero-order valence-corrected chi connectivity index (χ0v) is 12.2. The van der Waals surface area contributed by atoms with E-state index in [-0.39, 0.29) is 5.82 Å². The van der Waals surface area contributed by atoms with Gasteiger partial charge >= 0.3 is 0 Å². The van der Waals surface area contributed by atoms with Crippen molar-refractivity contribution in [2.24, 2.45) is 5.73 Å². The highest BCUT2D eigenvalue weighted by Gasteiger charge is 2.23.